The molecule has 5 heteroatoms. The first kappa shape index (κ1) is 14.8. The van der Waals surface area contributed by atoms with Crippen molar-refractivity contribution in [1.29, 1.82) is 0 Å². The largest absolute Gasteiger partial charge is 0.478 e. The number of carboxylic acids is 1. The number of nitrogen functional groups attached to an aromatic ring is 1. The number of rotatable bonds is 5. The Kier molecular flexibility index (Phi) is 4.10. The fourth-order valence-corrected chi connectivity index (χ4v) is 2.42. The van der Waals surface area contributed by atoms with E-state index in [2.05, 4.69) is 9.55 Å². The van der Waals surface area contributed by atoms with Crippen LogP contribution in [0.1, 0.15) is 27.3 Å². The standard InChI is InChI=1S/C18H17N3O2/c19-16-7-3-13(4-8-16)11-17-20-9-10-21(17)12-14-1-5-15(6-2-14)18(22)23/h1-10H,11-12,19H2,(H,22,23). The minimum absolute atomic E-state index is 0.293. The van der Waals surface area contributed by atoms with Gasteiger partial charge in [0.05, 0.1) is 5.56 Å². The molecular weight excluding hydrogens is 290 g/mol. The minimum Gasteiger partial charge on any atom is -0.478 e. The second-order valence-corrected chi connectivity index (χ2v) is 5.39. The van der Waals surface area contributed by atoms with E-state index in [9.17, 15) is 4.79 Å². The highest BCUT2D eigenvalue weighted by Crippen LogP contribution is 2.13. The van der Waals surface area contributed by atoms with Gasteiger partial charge in [0.2, 0.25) is 0 Å². The Morgan fingerprint density at radius 1 is 1.04 bits per heavy atom. The summed E-state index contributed by atoms with van der Waals surface area (Å²) in [6, 6.07) is 14.7. The van der Waals surface area contributed by atoms with Crippen LogP contribution < -0.4 is 5.73 Å². The summed E-state index contributed by atoms with van der Waals surface area (Å²) < 4.78 is 2.06. The monoisotopic (exact) mass is 307 g/mol. The summed E-state index contributed by atoms with van der Waals surface area (Å²) in [5, 5.41) is 8.94. The topological polar surface area (TPSA) is 81.1 Å². The van der Waals surface area contributed by atoms with Gasteiger partial charge in [-0.15, -0.1) is 0 Å². The van der Waals surface area contributed by atoms with Gasteiger partial charge in [0.25, 0.3) is 0 Å². The highest BCUT2D eigenvalue weighted by atomic mass is 16.4. The van der Waals surface area contributed by atoms with Crippen molar-refractivity contribution in [2.45, 2.75) is 13.0 Å². The van der Waals surface area contributed by atoms with Crippen molar-refractivity contribution in [3.05, 3.63) is 83.4 Å². The van der Waals surface area contributed by atoms with Crippen molar-refractivity contribution in [3.63, 3.8) is 0 Å². The number of carboxylic acid groups (broad SMARTS) is 1. The van der Waals surface area contributed by atoms with Crippen LogP contribution in [0.15, 0.2) is 60.9 Å². The molecule has 1 aromatic heterocycles. The second kappa shape index (κ2) is 6.36. The molecule has 5 nitrogen and oxygen atoms in total. The lowest BCUT2D eigenvalue weighted by molar-refractivity contribution is 0.0697. The number of hydrogen-bond donors (Lipinski definition) is 2. The van der Waals surface area contributed by atoms with E-state index in [1.165, 1.54) is 0 Å². The number of nitrogens with two attached hydrogens (primary N) is 1. The number of imidazole rings is 1. The van der Waals surface area contributed by atoms with E-state index < -0.39 is 5.97 Å². The summed E-state index contributed by atoms with van der Waals surface area (Å²) in [6.07, 6.45) is 4.43. The molecule has 0 saturated carbocycles. The van der Waals surface area contributed by atoms with Gasteiger partial charge in [-0.3, -0.25) is 0 Å². The maximum Gasteiger partial charge on any atom is 0.335 e. The molecule has 0 radical (unpaired) electrons. The molecule has 0 fully saturated rings. The molecule has 0 bridgehead atoms. The van der Waals surface area contributed by atoms with Gasteiger partial charge in [0, 0.05) is 31.0 Å². The molecule has 0 spiro atoms. The normalized spacial score (nSPS) is 10.6. The molecule has 0 aliphatic heterocycles. The third kappa shape index (κ3) is 3.58. The summed E-state index contributed by atoms with van der Waals surface area (Å²) in [7, 11) is 0. The van der Waals surface area contributed by atoms with Gasteiger partial charge in [0.15, 0.2) is 0 Å². The molecule has 0 atom stereocenters. The van der Waals surface area contributed by atoms with Gasteiger partial charge in [-0.05, 0) is 35.4 Å². The number of benzene rings is 2. The number of anilines is 1. The Bertz CT molecular complexity index is 805. The van der Waals surface area contributed by atoms with Crippen molar-refractivity contribution in [1.82, 2.24) is 9.55 Å². The van der Waals surface area contributed by atoms with E-state index in [-0.39, 0.29) is 0 Å². The Hall–Kier alpha value is -3.08. The van der Waals surface area contributed by atoms with Crippen LogP contribution in [0.5, 0.6) is 0 Å². The molecule has 0 saturated heterocycles. The highest BCUT2D eigenvalue weighted by Gasteiger charge is 2.06. The first-order valence-corrected chi connectivity index (χ1v) is 7.28. The Balaban J connectivity index is 1.75. The minimum atomic E-state index is -0.914. The maximum atomic E-state index is 10.9. The van der Waals surface area contributed by atoms with E-state index in [0.717, 1.165) is 29.1 Å². The van der Waals surface area contributed by atoms with Crippen LogP contribution in [-0.2, 0) is 13.0 Å². The van der Waals surface area contributed by atoms with E-state index in [1.807, 2.05) is 42.6 Å². The van der Waals surface area contributed by atoms with Crippen molar-refractivity contribution in [3.8, 4) is 0 Å². The SMILES string of the molecule is Nc1ccc(Cc2nccn2Cc2ccc(C(=O)O)cc2)cc1. The summed E-state index contributed by atoms with van der Waals surface area (Å²) in [5.74, 6) is 0.0419. The van der Waals surface area contributed by atoms with Crippen LogP contribution >= 0.6 is 0 Å². The van der Waals surface area contributed by atoms with Crippen molar-refractivity contribution >= 4 is 11.7 Å². The fourth-order valence-electron chi connectivity index (χ4n) is 2.42. The molecule has 0 aliphatic carbocycles. The molecule has 2 aromatic carbocycles. The van der Waals surface area contributed by atoms with E-state index in [0.29, 0.717) is 12.1 Å². The summed E-state index contributed by atoms with van der Waals surface area (Å²) in [6.45, 7) is 0.657. The second-order valence-electron chi connectivity index (χ2n) is 5.39. The molecular formula is C18H17N3O2. The zero-order chi connectivity index (χ0) is 16.2. The van der Waals surface area contributed by atoms with Crippen LogP contribution in [0, 0.1) is 0 Å². The van der Waals surface area contributed by atoms with Crippen LogP contribution in [0.4, 0.5) is 5.69 Å². The quantitative estimate of drug-likeness (QED) is 0.710. The van der Waals surface area contributed by atoms with Crippen LogP contribution in [0.2, 0.25) is 0 Å². The Morgan fingerprint density at radius 2 is 1.70 bits per heavy atom. The molecule has 0 amide bonds. The number of aromatic carboxylic acids is 1. The summed E-state index contributed by atoms with van der Waals surface area (Å²) >= 11 is 0. The van der Waals surface area contributed by atoms with Gasteiger partial charge >= 0.3 is 5.97 Å². The van der Waals surface area contributed by atoms with Crippen molar-refractivity contribution in [2.75, 3.05) is 5.73 Å². The van der Waals surface area contributed by atoms with Gasteiger partial charge in [-0.1, -0.05) is 24.3 Å². The van der Waals surface area contributed by atoms with Crippen molar-refractivity contribution < 1.29 is 9.90 Å². The lowest BCUT2D eigenvalue weighted by Crippen LogP contribution is -2.06. The Labute approximate surface area is 134 Å². The third-order valence-electron chi connectivity index (χ3n) is 3.70. The fraction of sp³-hybridized carbons (Fsp3) is 0.111. The van der Waals surface area contributed by atoms with E-state index in [1.54, 1.807) is 18.3 Å². The lowest BCUT2D eigenvalue weighted by Gasteiger charge is -2.09. The van der Waals surface area contributed by atoms with Gasteiger partial charge in [0.1, 0.15) is 5.82 Å². The van der Waals surface area contributed by atoms with Gasteiger partial charge < -0.3 is 15.4 Å². The molecule has 3 aromatic rings. The first-order valence-electron chi connectivity index (χ1n) is 7.28. The van der Waals surface area contributed by atoms with Crippen LogP contribution in [-0.4, -0.2) is 20.6 Å². The van der Waals surface area contributed by atoms with Gasteiger partial charge in [-0.25, -0.2) is 9.78 Å². The zero-order valence-electron chi connectivity index (χ0n) is 12.5. The Morgan fingerprint density at radius 3 is 2.35 bits per heavy atom. The van der Waals surface area contributed by atoms with Gasteiger partial charge in [-0.2, -0.15) is 0 Å². The van der Waals surface area contributed by atoms with E-state index >= 15 is 0 Å². The first-order chi connectivity index (χ1) is 11.1. The average molecular weight is 307 g/mol. The lowest BCUT2D eigenvalue weighted by atomic mass is 10.1. The molecule has 1 heterocycles. The molecule has 3 rings (SSSR count). The van der Waals surface area contributed by atoms with Crippen LogP contribution in [0.25, 0.3) is 0 Å². The predicted octanol–water partition coefficient (Wildman–Crippen LogP) is 2.80. The number of carbonyl (C=O) groups is 1. The molecule has 3 N–H and O–H groups in total. The van der Waals surface area contributed by atoms with Crippen LogP contribution in [0.3, 0.4) is 0 Å². The molecule has 23 heavy (non-hydrogen) atoms. The van der Waals surface area contributed by atoms with E-state index in [4.69, 9.17) is 10.8 Å². The predicted molar refractivity (Wildman–Crippen MR) is 88.4 cm³/mol. The summed E-state index contributed by atoms with van der Waals surface area (Å²) in [4.78, 5) is 15.3. The maximum absolute atomic E-state index is 10.9. The highest BCUT2D eigenvalue weighted by molar-refractivity contribution is 5.87. The molecule has 0 unspecified atom stereocenters. The number of aromatic nitrogens is 2. The third-order valence-corrected chi connectivity index (χ3v) is 3.70. The molecule has 0 aliphatic rings. The summed E-state index contributed by atoms with van der Waals surface area (Å²) in [5.41, 5.74) is 8.92. The average Bonchev–Trinajstić information content (AvgIpc) is 2.97. The number of nitrogens with zero attached hydrogens (tertiary/aromatic N) is 2. The smallest absolute Gasteiger partial charge is 0.335 e. The molecule has 116 valence electrons. The van der Waals surface area contributed by atoms with Crippen molar-refractivity contribution in [2.24, 2.45) is 0 Å². The number of hydrogen-bond acceptors (Lipinski definition) is 3. The zero-order valence-corrected chi connectivity index (χ0v) is 12.5.